The Morgan fingerprint density at radius 1 is 1.15 bits per heavy atom. The van der Waals surface area contributed by atoms with Gasteiger partial charge in [0.2, 0.25) is 5.91 Å². The van der Waals surface area contributed by atoms with E-state index >= 15 is 0 Å². The standard InChI is InChI=1S/C20H24N2O2S.ClH/c1-2-24-16-8-10-17(11-9-16)25-14-20(23)22-12-18(19(21)13-22)15-6-4-3-5-7-15;/h3-11,18-19H,2,12-14,21H2,1H3;1H/t18-,19+;/m0./s1. The lowest BCUT2D eigenvalue weighted by Crippen LogP contribution is -2.33. The van der Waals surface area contributed by atoms with Gasteiger partial charge in [-0.2, -0.15) is 0 Å². The SMILES string of the molecule is CCOc1ccc(SCC(=O)N2C[C@@H](N)[C@H](c3ccccc3)C2)cc1.Cl. The van der Waals surface area contributed by atoms with Gasteiger partial charge in [0.05, 0.1) is 12.4 Å². The van der Waals surface area contributed by atoms with Crippen LogP contribution in [0.25, 0.3) is 0 Å². The van der Waals surface area contributed by atoms with E-state index in [2.05, 4.69) is 12.1 Å². The predicted octanol–water partition coefficient (Wildman–Crippen LogP) is 3.55. The molecule has 2 aromatic carbocycles. The normalized spacial score (nSPS) is 19.1. The van der Waals surface area contributed by atoms with E-state index in [4.69, 9.17) is 10.5 Å². The Morgan fingerprint density at radius 3 is 2.50 bits per heavy atom. The summed E-state index contributed by atoms with van der Waals surface area (Å²) in [5.74, 6) is 1.66. The lowest BCUT2D eigenvalue weighted by atomic mass is 9.95. The molecule has 0 bridgehead atoms. The summed E-state index contributed by atoms with van der Waals surface area (Å²) in [5.41, 5.74) is 7.49. The third kappa shape index (κ3) is 5.16. The number of rotatable bonds is 6. The van der Waals surface area contributed by atoms with Crippen LogP contribution in [0.2, 0.25) is 0 Å². The highest BCUT2D eigenvalue weighted by atomic mass is 35.5. The van der Waals surface area contributed by atoms with Gasteiger partial charge in [0.15, 0.2) is 0 Å². The largest absolute Gasteiger partial charge is 0.494 e. The molecule has 6 heteroatoms. The first-order chi connectivity index (χ1) is 12.2. The molecule has 0 aromatic heterocycles. The van der Waals surface area contributed by atoms with Gasteiger partial charge in [0.25, 0.3) is 0 Å². The summed E-state index contributed by atoms with van der Waals surface area (Å²) < 4.78 is 5.44. The van der Waals surface area contributed by atoms with Gasteiger partial charge in [-0.3, -0.25) is 4.79 Å². The van der Waals surface area contributed by atoms with Crippen molar-refractivity contribution in [1.82, 2.24) is 4.90 Å². The van der Waals surface area contributed by atoms with E-state index in [1.54, 1.807) is 11.8 Å². The van der Waals surface area contributed by atoms with Gasteiger partial charge in [-0.25, -0.2) is 0 Å². The molecule has 2 aromatic rings. The number of hydrogen-bond donors (Lipinski definition) is 1. The van der Waals surface area contributed by atoms with E-state index in [9.17, 15) is 4.79 Å². The van der Waals surface area contributed by atoms with Crippen molar-refractivity contribution in [2.24, 2.45) is 5.73 Å². The molecule has 0 radical (unpaired) electrons. The molecule has 1 aliphatic rings. The second-order valence-electron chi connectivity index (χ2n) is 6.17. The molecule has 0 spiro atoms. The third-order valence-electron chi connectivity index (χ3n) is 4.44. The van der Waals surface area contributed by atoms with Gasteiger partial charge >= 0.3 is 0 Å². The molecule has 0 unspecified atom stereocenters. The zero-order valence-corrected chi connectivity index (χ0v) is 16.5. The number of carbonyl (C=O) groups excluding carboxylic acids is 1. The Hall–Kier alpha value is -1.69. The minimum Gasteiger partial charge on any atom is -0.494 e. The predicted molar refractivity (Wildman–Crippen MR) is 109 cm³/mol. The molecule has 26 heavy (non-hydrogen) atoms. The Balaban J connectivity index is 0.00000243. The zero-order chi connectivity index (χ0) is 17.6. The first-order valence-corrected chi connectivity index (χ1v) is 9.60. The maximum atomic E-state index is 12.5. The number of ether oxygens (including phenoxy) is 1. The van der Waals surface area contributed by atoms with Crippen molar-refractivity contribution in [2.45, 2.75) is 23.8 Å². The molecule has 1 aliphatic heterocycles. The van der Waals surface area contributed by atoms with E-state index < -0.39 is 0 Å². The Bertz CT molecular complexity index is 697. The van der Waals surface area contributed by atoms with Crippen LogP contribution in [0, 0.1) is 0 Å². The van der Waals surface area contributed by atoms with Crippen molar-refractivity contribution in [2.75, 3.05) is 25.4 Å². The van der Waals surface area contributed by atoms with Crippen LogP contribution in [-0.2, 0) is 4.79 Å². The van der Waals surface area contributed by atoms with Crippen LogP contribution >= 0.6 is 24.2 Å². The first-order valence-electron chi connectivity index (χ1n) is 8.61. The van der Waals surface area contributed by atoms with Crippen molar-refractivity contribution >= 4 is 30.1 Å². The van der Waals surface area contributed by atoms with Crippen LogP contribution in [-0.4, -0.2) is 42.3 Å². The molecule has 4 nitrogen and oxygen atoms in total. The fourth-order valence-corrected chi connectivity index (χ4v) is 3.92. The molecule has 1 fully saturated rings. The highest BCUT2D eigenvalue weighted by Gasteiger charge is 2.33. The number of likely N-dealkylation sites (tertiary alicyclic amines) is 1. The Morgan fingerprint density at radius 2 is 1.85 bits per heavy atom. The van der Waals surface area contributed by atoms with Crippen LogP contribution < -0.4 is 10.5 Å². The fourth-order valence-electron chi connectivity index (χ4n) is 3.12. The summed E-state index contributed by atoms with van der Waals surface area (Å²) in [4.78, 5) is 15.5. The second kappa shape index (κ2) is 9.86. The molecule has 0 saturated carbocycles. The highest BCUT2D eigenvalue weighted by molar-refractivity contribution is 8.00. The molecule has 1 heterocycles. The first kappa shape index (κ1) is 20.6. The molecule has 2 atom stereocenters. The van der Waals surface area contributed by atoms with Crippen LogP contribution in [0.15, 0.2) is 59.5 Å². The average Bonchev–Trinajstić information content (AvgIpc) is 3.04. The maximum absolute atomic E-state index is 12.5. The number of benzene rings is 2. The van der Waals surface area contributed by atoms with Crippen LogP contribution in [0.1, 0.15) is 18.4 Å². The zero-order valence-electron chi connectivity index (χ0n) is 14.8. The van der Waals surface area contributed by atoms with Gasteiger partial charge in [-0.05, 0) is 36.8 Å². The summed E-state index contributed by atoms with van der Waals surface area (Å²) in [7, 11) is 0. The van der Waals surface area contributed by atoms with E-state index in [-0.39, 0.29) is 30.3 Å². The number of nitrogens with two attached hydrogens (primary N) is 1. The number of nitrogens with zero attached hydrogens (tertiary/aromatic N) is 1. The smallest absolute Gasteiger partial charge is 0.233 e. The van der Waals surface area contributed by atoms with Crippen molar-refractivity contribution in [1.29, 1.82) is 0 Å². The lowest BCUT2D eigenvalue weighted by molar-refractivity contribution is -0.127. The third-order valence-corrected chi connectivity index (χ3v) is 5.44. The minimum absolute atomic E-state index is 0. The van der Waals surface area contributed by atoms with E-state index in [1.807, 2.05) is 54.3 Å². The molecule has 140 valence electrons. The van der Waals surface area contributed by atoms with E-state index in [0.29, 0.717) is 25.4 Å². The van der Waals surface area contributed by atoms with Gasteiger partial charge in [0, 0.05) is 29.9 Å². The van der Waals surface area contributed by atoms with Crippen LogP contribution in [0.4, 0.5) is 0 Å². The Kier molecular flexibility index (Phi) is 7.82. The van der Waals surface area contributed by atoms with Gasteiger partial charge in [0.1, 0.15) is 5.75 Å². The van der Waals surface area contributed by atoms with Crippen LogP contribution in [0.3, 0.4) is 0 Å². The van der Waals surface area contributed by atoms with Gasteiger partial charge in [-0.15, -0.1) is 24.2 Å². The number of halogens is 1. The van der Waals surface area contributed by atoms with Gasteiger partial charge < -0.3 is 15.4 Å². The maximum Gasteiger partial charge on any atom is 0.233 e. The molecule has 1 saturated heterocycles. The molecular formula is C20H25ClN2O2S. The average molecular weight is 393 g/mol. The van der Waals surface area contributed by atoms with E-state index in [0.717, 1.165) is 10.6 Å². The fraction of sp³-hybridized carbons (Fsp3) is 0.350. The number of hydrogen-bond acceptors (Lipinski definition) is 4. The lowest BCUT2D eigenvalue weighted by Gasteiger charge is -2.16. The quantitative estimate of drug-likeness (QED) is 0.764. The van der Waals surface area contributed by atoms with Crippen molar-refractivity contribution in [3.8, 4) is 5.75 Å². The highest BCUT2D eigenvalue weighted by Crippen LogP contribution is 2.28. The topological polar surface area (TPSA) is 55.6 Å². The molecule has 3 rings (SSSR count). The monoisotopic (exact) mass is 392 g/mol. The molecule has 2 N–H and O–H groups in total. The summed E-state index contributed by atoms with van der Waals surface area (Å²) in [6.07, 6.45) is 0. The van der Waals surface area contributed by atoms with E-state index in [1.165, 1.54) is 5.56 Å². The summed E-state index contributed by atoms with van der Waals surface area (Å²) in [5, 5.41) is 0. The molecule has 0 aliphatic carbocycles. The summed E-state index contributed by atoms with van der Waals surface area (Å²) in [6.45, 7) is 3.95. The second-order valence-corrected chi connectivity index (χ2v) is 7.22. The molecular weight excluding hydrogens is 368 g/mol. The van der Waals surface area contributed by atoms with Crippen molar-refractivity contribution < 1.29 is 9.53 Å². The van der Waals surface area contributed by atoms with Crippen molar-refractivity contribution in [3.05, 3.63) is 60.2 Å². The van der Waals surface area contributed by atoms with Crippen molar-refractivity contribution in [3.63, 3.8) is 0 Å². The molecule has 1 amide bonds. The minimum atomic E-state index is 0. The summed E-state index contributed by atoms with van der Waals surface area (Å²) >= 11 is 1.55. The Labute approximate surface area is 165 Å². The van der Waals surface area contributed by atoms with Crippen LogP contribution in [0.5, 0.6) is 5.75 Å². The summed E-state index contributed by atoms with van der Waals surface area (Å²) in [6, 6.07) is 18.1. The number of thioether (sulfide) groups is 1. The number of carbonyl (C=O) groups is 1. The van der Waals surface area contributed by atoms with Gasteiger partial charge in [-0.1, -0.05) is 30.3 Å². The number of amides is 1.